The molecule has 0 aromatic heterocycles. The van der Waals surface area contributed by atoms with E-state index >= 15 is 0 Å². The number of rotatable bonds is 31. The van der Waals surface area contributed by atoms with Crippen LogP contribution in [0.2, 0.25) is 0 Å². The Hall–Kier alpha value is -0.430. The number of aliphatic hydroxyl groups excluding tert-OH is 1. The lowest BCUT2D eigenvalue weighted by Gasteiger charge is -2.04. The van der Waals surface area contributed by atoms with Gasteiger partial charge in [0.15, 0.2) is 0 Å². The van der Waals surface area contributed by atoms with E-state index in [9.17, 15) is 0 Å². The van der Waals surface area contributed by atoms with Crippen LogP contribution in [0.5, 0.6) is 0 Å². The molecular formula is C34H70O5S. The van der Waals surface area contributed by atoms with Gasteiger partial charge in [-0.2, -0.15) is 8.42 Å². The summed E-state index contributed by atoms with van der Waals surface area (Å²) in [5, 5.41) is 8.77. The average molecular weight is 591 g/mol. The minimum atomic E-state index is -4.67. The highest BCUT2D eigenvalue weighted by atomic mass is 32.3. The van der Waals surface area contributed by atoms with E-state index in [1.807, 2.05) is 0 Å². The molecule has 0 rings (SSSR count). The van der Waals surface area contributed by atoms with Gasteiger partial charge in [-0.3, -0.25) is 9.11 Å². The molecule has 0 heterocycles. The van der Waals surface area contributed by atoms with Crippen LogP contribution >= 0.6 is 0 Å². The van der Waals surface area contributed by atoms with E-state index in [1.54, 1.807) is 0 Å². The second kappa shape index (κ2) is 36.6. The molecular weight excluding hydrogens is 520 g/mol. The molecule has 0 amide bonds. The molecule has 0 spiro atoms. The Morgan fingerprint density at radius 1 is 0.400 bits per heavy atom. The van der Waals surface area contributed by atoms with E-state index in [2.05, 4.69) is 19.1 Å². The van der Waals surface area contributed by atoms with Crippen LogP contribution < -0.4 is 0 Å². The van der Waals surface area contributed by atoms with Crippen molar-refractivity contribution in [3.63, 3.8) is 0 Å². The van der Waals surface area contributed by atoms with Crippen molar-refractivity contribution in [3.8, 4) is 0 Å². The first-order chi connectivity index (χ1) is 19.4. The van der Waals surface area contributed by atoms with Crippen molar-refractivity contribution in [2.45, 2.75) is 200 Å². The third-order valence-corrected chi connectivity index (χ3v) is 7.67. The number of unbranched alkanes of at least 4 members (excludes halogenated alkanes) is 28. The van der Waals surface area contributed by atoms with Crippen molar-refractivity contribution in [2.24, 2.45) is 0 Å². The van der Waals surface area contributed by atoms with Gasteiger partial charge >= 0.3 is 10.4 Å². The molecule has 6 heteroatoms. The molecule has 0 radical (unpaired) electrons. The summed E-state index contributed by atoms with van der Waals surface area (Å²) in [7, 11) is -4.67. The van der Waals surface area contributed by atoms with Crippen molar-refractivity contribution in [2.75, 3.05) is 6.61 Å². The molecule has 0 atom stereocenters. The molecule has 0 bridgehead atoms. The van der Waals surface area contributed by atoms with Gasteiger partial charge in [-0.25, -0.2) is 0 Å². The van der Waals surface area contributed by atoms with Crippen LogP contribution in [0.4, 0.5) is 0 Å². The predicted molar refractivity (Wildman–Crippen MR) is 175 cm³/mol. The van der Waals surface area contributed by atoms with Crippen molar-refractivity contribution in [1.82, 2.24) is 0 Å². The maximum absolute atomic E-state index is 8.77. The molecule has 0 aromatic carbocycles. The van der Waals surface area contributed by atoms with Gasteiger partial charge in [0, 0.05) is 6.61 Å². The van der Waals surface area contributed by atoms with Gasteiger partial charge in [-0.1, -0.05) is 180 Å². The van der Waals surface area contributed by atoms with E-state index in [1.165, 1.54) is 186 Å². The summed E-state index contributed by atoms with van der Waals surface area (Å²) in [5.41, 5.74) is 0. The lowest BCUT2D eigenvalue weighted by atomic mass is 10.0. The van der Waals surface area contributed by atoms with Gasteiger partial charge in [-0.05, 0) is 32.1 Å². The Morgan fingerprint density at radius 2 is 0.600 bits per heavy atom. The monoisotopic (exact) mass is 590 g/mol. The van der Waals surface area contributed by atoms with Gasteiger partial charge in [0.25, 0.3) is 0 Å². The SMILES string of the molecule is CCCCCCCCCCCCCCCCCCCCCCCCC=CCCCCCCCCO.O=S(=O)(O)O. The molecule has 0 aliphatic rings. The molecule has 5 nitrogen and oxygen atoms in total. The van der Waals surface area contributed by atoms with Crippen LogP contribution in [0.15, 0.2) is 12.2 Å². The highest BCUT2D eigenvalue weighted by Crippen LogP contribution is 2.15. The summed E-state index contributed by atoms with van der Waals surface area (Å²) in [6, 6.07) is 0. The second-order valence-electron chi connectivity index (χ2n) is 11.8. The maximum atomic E-state index is 8.77. The predicted octanol–water partition coefficient (Wildman–Crippen LogP) is 11.6. The zero-order chi connectivity index (χ0) is 29.8. The number of hydrogen-bond donors (Lipinski definition) is 3. The zero-order valence-electron chi connectivity index (χ0n) is 26.6. The minimum Gasteiger partial charge on any atom is -0.396 e. The standard InChI is InChI=1S/C34H68O.H2O4S/c1-2-3-4-5-6-7-8-9-10-11-12-13-14-15-16-17-18-19-20-21-22-23-24-25-26-27-28-29-30-31-32-33-34-35;1-5(2,3)4/h25-26,35H,2-24,27-34H2,1H3;(H2,1,2,3,4). The molecule has 0 saturated heterocycles. The lowest BCUT2D eigenvalue weighted by molar-refractivity contribution is 0.282. The lowest BCUT2D eigenvalue weighted by Crippen LogP contribution is -1.89. The van der Waals surface area contributed by atoms with E-state index in [4.69, 9.17) is 22.6 Å². The summed E-state index contributed by atoms with van der Waals surface area (Å²) in [5.74, 6) is 0. The number of aliphatic hydroxyl groups is 1. The highest BCUT2D eigenvalue weighted by molar-refractivity contribution is 7.79. The van der Waals surface area contributed by atoms with Crippen LogP contribution in [-0.2, 0) is 10.4 Å². The summed E-state index contributed by atoms with van der Waals surface area (Å²) < 4.78 is 31.6. The number of hydrogen-bond acceptors (Lipinski definition) is 3. The smallest absolute Gasteiger partial charge is 0.394 e. The fourth-order valence-electron chi connectivity index (χ4n) is 5.19. The first kappa shape index (κ1) is 41.7. The van der Waals surface area contributed by atoms with Gasteiger partial charge < -0.3 is 5.11 Å². The minimum absolute atomic E-state index is 0.363. The molecule has 40 heavy (non-hydrogen) atoms. The largest absolute Gasteiger partial charge is 0.396 e. The second-order valence-corrected chi connectivity index (χ2v) is 12.7. The van der Waals surface area contributed by atoms with E-state index in [0.29, 0.717) is 6.61 Å². The Kier molecular flexibility index (Phi) is 38.2. The average Bonchev–Trinajstić information content (AvgIpc) is 2.91. The van der Waals surface area contributed by atoms with Gasteiger partial charge in [-0.15, -0.1) is 0 Å². The van der Waals surface area contributed by atoms with Gasteiger partial charge in [0.1, 0.15) is 0 Å². The molecule has 0 unspecified atom stereocenters. The van der Waals surface area contributed by atoms with Gasteiger partial charge in [0.2, 0.25) is 0 Å². The summed E-state index contributed by atoms with van der Waals surface area (Å²) in [6.45, 7) is 2.67. The third-order valence-electron chi connectivity index (χ3n) is 7.67. The highest BCUT2D eigenvalue weighted by Gasteiger charge is 1.96. The van der Waals surface area contributed by atoms with E-state index in [-0.39, 0.29) is 0 Å². The zero-order valence-corrected chi connectivity index (χ0v) is 27.5. The van der Waals surface area contributed by atoms with Crippen molar-refractivity contribution < 1.29 is 22.6 Å². The summed E-state index contributed by atoms with van der Waals surface area (Å²) in [6.07, 6.45) is 47.1. The Morgan fingerprint density at radius 3 is 0.825 bits per heavy atom. The quantitative estimate of drug-likeness (QED) is 0.0424. The first-order valence-corrected chi connectivity index (χ1v) is 18.8. The van der Waals surface area contributed by atoms with Crippen LogP contribution in [-0.4, -0.2) is 29.2 Å². The number of allylic oxidation sites excluding steroid dienone is 2. The molecule has 0 aliphatic carbocycles. The van der Waals surface area contributed by atoms with Crippen molar-refractivity contribution in [3.05, 3.63) is 12.2 Å². The first-order valence-electron chi connectivity index (χ1n) is 17.4. The maximum Gasteiger partial charge on any atom is 0.394 e. The fourth-order valence-corrected chi connectivity index (χ4v) is 5.19. The summed E-state index contributed by atoms with van der Waals surface area (Å²) in [4.78, 5) is 0. The van der Waals surface area contributed by atoms with Crippen LogP contribution in [0.1, 0.15) is 200 Å². The molecule has 0 aromatic rings. The third kappa shape index (κ3) is 50.4. The molecule has 0 fully saturated rings. The molecule has 3 N–H and O–H groups in total. The fraction of sp³-hybridized carbons (Fsp3) is 0.941. The molecule has 242 valence electrons. The Balaban J connectivity index is 0. The molecule has 0 saturated carbocycles. The van der Waals surface area contributed by atoms with Crippen molar-refractivity contribution in [1.29, 1.82) is 0 Å². The Labute approximate surface area is 251 Å². The van der Waals surface area contributed by atoms with Crippen LogP contribution in [0, 0.1) is 0 Å². The topological polar surface area (TPSA) is 94.8 Å². The molecule has 0 aliphatic heterocycles. The van der Waals surface area contributed by atoms with E-state index < -0.39 is 10.4 Å². The van der Waals surface area contributed by atoms with Crippen molar-refractivity contribution >= 4 is 10.4 Å². The van der Waals surface area contributed by atoms with E-state index in [0.717, 1.165) is 6.42 Å². The Bertz CT molecular complexity index is 569. The summed E-state index contributed by atoms with van der Waals surface area (Å²) >= 11 is 0. The van der Waals surface area contributed by atoms with Crippen LogP contribution in [0.25, 0.3) is 0 Å². The normalized spacial score (nSPS) is 11.7. The van der Waals surface area contributed by atoms with Gasteiger partial charge in [0.05, 0.1) is 0 Å². The van der Waals surface area contributed by atoms with Crippen LogP contribution in [0.3, 0.4) is 0 Å².